The van der Waals surface area contributed by atoms with Gasteiger partial charge in [0.05, 0.1) is 5.69 Å². The second kappa shape index (κ2) is 8.82. The largest absolute Gasteiger partial charge is 0.454 e. The molecule has 30 heavy (non-hydrogen) atoms. The van der Waals surface area contributed by atoms with Gasteiger partial charge in [-0.3, -0.25) is 0 Å². The maximum absolute atomic E-state index is 13.9. The van der Waals surface area contributed by atoms with E-state index in [2.05, 4.69) is 10.6 Å². The quantitative estimate of drug-likeness (QED) is 0.621. The van der Waals surface area contributed by atoms with Gasteiger partial charge in [0.2, 0.25) is 6.79 Å². The summed E-state index contributed by atoms with van der Waals surface area (Å²) in [5, 5.41) is 5.33. The van der Waals surface area contributed by atoms with Crippen molar-refractivity contribution in [1.29, 1.82) is 0 Å². The van der Waals surface area contributed by atoms with Crippen LogP contribution in [-0.4, -0.2) is 18.9 Å². The Bertz CT molecular complexity index is 1040. The van der Waals surface area contributed by atoms with Crippen LogP contribution < -0.4 is 20.1 Å². The number of urea groups is 1. The van der Waals surface area contributed by atoms with Crippen LogP contribution in [0.4, 0.5) is 19.3 Å². The van der Waals surface area contributed by atoms with Crippen molar-refractivity contribution in [2.45, 2.75) is 18.9 Å². The van der Waals surface area contributed by atoms with Gasteiger partial charge in [0.25, 0.3) is 0 Å². The summed E-state index contributed by atoms with van der Waals surface area (Å²) in [6, 6.07) is 17.6. The molecule has 1 heterocycles. The standard InChI is InChI=1S/C23H20F2N2O3/c24-17-7-8-20(19(25)13-17)27-23(28)26-18(10-15-4-2-1-3-5-15)11-16-6-9-21-22(12-16)30-14-29-21/h1-9,12-13,18H,10-11,14H2,(H2,26,27,28)/t18-/m0/s1. The van der Waals surface area contributed by atoms with Gasteiger partial charge in [-0.25, -0.2) is 13.6 Å². The molecule has 0 fully saturated rings. The molecular formula is C23H20F2N2O3. The molecule has 3 aromatic carbocycles. The Morgan fingerprint density at radius 2 is 1.67 bits per heavy atom. The molecule has 0 saturated heterocycles. The first kappa shape index (κ1) is 19.7. The number of halogens is 2. The van der Waals surface area contributed by atoms with E-state index in [-0.39, 0.29) is 18.5 Å². The van der Waals surface area contributed by atoms with E-state index in [0.29, 0.717) is 24.3 Å². The third-order valence-corrected chi connectivity index (χ3v) is 4.76. The molecule has 7 heteroatoms. The average molecular weight is 410 g/mol. The van der Waals surface area contributed by atoms with Crippen molar-refractivity contribution in [3.8, 4) is 11.5 Å². The fourth-order valence-electron chi connectivity index (χ4n) is 3.36. The Kier molecular flexibility index (Phi) is 5.79. The molecule has 5 nitrogen and oxygen atoms in total. The molecule has 1 atom stereocenters. The van der Waals surface area contributed by atoms with Gasteiger partial charge in [0, 0.05) is 12.1 Å². The molecule has 2 N–H and O–H groups in total. The maximum Gasteiger partial charge on any atom is 0.319 e. The molecule has 0 radical (unpaired) electrons. The number of anilines is 1. The Hall–Kier alpha value is -3.61. The lowest BCUT2D eigenvalue weighted by atomic mass is 9.98. The van der Waals surface area contributed by atoms with E-state index in [9.17, 15) is 13.6 Å². The summed E-state index contributed by atoms with van der Waals surface area (Å²) in [7, 11) is 0. The first-order valence-corrected chi connectivity index (χ1v) is 9.52. The molecule has 0 aromatic heterocycles. The van der Waals surface area contributed by atoms with Crippen LogP contribution in [0.5, 0.6) is 11.5 Å². The van der Waals surface area contributed by atoms with Gasteiger partial charge in [0.1, 0.15) is 11.6 Å². The Morgan fingerprint density at radius 3 is 2.47 bits per heavy atom. The van der Waals surface area contributed by atoms with Crippen LogP contribution in [-0.2, 0) is 12.8 Å². The van der Waals surface area contributed by atoms with Gasteiger partial charge in [-0.15, -0.1) is 0 Å². The minimum atomic E-state index is -0.833. The summed E-state index contributed by atoms with van der Waals surface area (Å²) in [5.41, 5.74) is 1.93. The number of carbonyl (C=O) groups is 1. The summed E-state index contributed by atoms with van der Waals surface area (Å²) in [6.45, 7) is 0.191. The van der Waals surface area contributed by atoms with Gasteiger partial charge in [-0.2, -0.15) is 0 Å². The van der Waals surface area contributed by atoms with Gasteiger partial charge < -0.3 is 20.1 Å². The van der Waals surface area contributed by atoms with Crippen molar-refractivity contribution in [2.75, 3.05) is 12.1 Å². The van der Waals surface area contributed by atoms with Crippen molar-refractivity contribution in [3.05, 3.63) is 89.5 Å². The highest BCUT2D eigenvalue weighted by Gasteiger charge is 2.18. The topological polar surface area (TPSA) is 59.6 Å². The maximum atomic E-state index is 13.9. The van der Waals surface area contributed by atoms with Crippen LogP contribution in [0.15, 0.2) is 66.7 Å². The summed E-state index contributed by atoms with van der Waals surface area (Å²) < 4.78 is 37.7. The first-order chi connectivity index (χ1) is 14.6. The average Bonchev–Trinajstić information content (AvgIpc) is 3.19. The molecule has 4 rings (SSSR count). The highest BCUT2D eigenvalue weighted by atomic mass is 19.1. The molecule has 1 aliphatic rings. The SMILES string of the molecule is O=C(Nc1ccc(F)cc1F)N[C@@H](Cc1ccccc1)Cc1ccc2c(c1)OCO2. The summed E-state index contributed by atoms with van der Waals surface area (Å²) >= 11 is 0. The van der Waals surface area contributed by atoms with E-state index in [4.69, 9.17) is 9.47 Å². The summed E-state index contributed by atoms with van der Waals surface area (Å²) in [5.74, 6) is -0.177. The lowest BCUT2D eigenvalue weighted by Gasteiger charge is -2.20. The number of carbonyl (C=O) groups excluding carboxylic acids is 1. The van der Waals surface area contributed by atoms with E-state index in [1.54, 1.807) is 0 Å². The third-order valence-electron chi connectivity index (χ3n) is 4.76. The number of rotatable bonds is 6. The van der Waals surface area contributed by atoms with Gasteiger partial charge in [-0.05, 0) is 48.2 Å². The second-order valence-corrected chi connectivity index (χ2v) is 7.00. The number of nitrogens with one attached hydrogen (secondary N) is 2. The number of amides is 2. The van der Waals surface area contributed by atoms with Gasteiger partial charge in [0.15, 0.2) is 11.5 Å². The van der Waals surface area contributed by atoms with Crippen LogP contribution in [0.2, 0.25) is 0 Å². The second-order valence-electron chi connectivity index (χ2n) is 7.00. The van der Waals surface area contributed by atoms with Crippen molar-refractivity contribution in [3.63, 3.8) is 0 Å². The predicted octanol–water partition coefficient (Wildman–Crippen LogP) is 4.67. The van der Waals surface area contributed by atoms with Crippen LogP contribution >= 0.6 is 0 Å². The normalized spacial score (nSPS) is 13.0. The molecule has 154 valence electrons. The van der Waals surface area contributed by atoms with Crippen LogP contribution in [0.1, 0.15) is 11.1 Å². The molecule has 0 saturated carbocycles. The highest BCUT2D eigenvalue weighted by Crippen LogP contribution is 2.33. The van der Waals surface area contributed by atoms with Gasteiger partial charge >= 0.3 is 6.03 Å². The predicted molar refractivity (Wildman–Crippen MR) is 109 cm³/mol. The monoisotopic (exact) mass is 410 g/mol. The first-order valence-electron chi connectivity index (χ1n) is 9.52. The molecule has 0 aliphatic carbocycles. The van der Waals surface area contributed by atoms with E-state index in [0.717, 1.165) is 23.3 Å². The van der Waals surface area contributed by atoms with Crippen molar-refractivity contribution >= 4 is 11.7 Å². The van der Waals surface area contributed by atoms with Crippen molar-refractivity contribution < 1.29 is 23.0 Å². The zero-order chi connectivity index (χ0) is 20.9. The number of hydrogen-bond acceptors (Lipinski definition) is 3. The molecule has 3 aromatic rings. The minimum absolute atomic E-state index is 0.0876. The number of benzene rings is 3. The molecule has 0 spiro atoms. The number of ether oxygens (including phenoxy) is 2. The fourth-order valence-corrected chi connectivity index (χ4v) is 3.36. The Morgan fingerprint density at radius 1 is 0.900 bits per heavy atom. The molecule has 0 bridgehead atoms. The Labute approximate surface area is 172 Å². The summed E-state index contributed by atoms with van der Waals surface area (Å²) in [4.78, 5) is 12.5. The smallest absolute Gasteiger partial charge is 0.319 e. The van der Waals surface area contributed by atoms with Crippen molar-refractivity contribution in [1.82, 2.24) is 5.32 Å². The van der Waals surface area contributed by atoms with Crippen LogP contribution in [0, 0.1) is 11.6 Å². The zero-order valence-electron chi connectivity index (χ0n) is 16.0. The molecule has 1 aliphatic heterocycles. The van der Waals surface area contributed by atoms with Crippen molar-refractivity contribution in [2.24, 2.45) is 0 Å². The highest BCUT2D eigenvalue weighted by molar-refractivity contribution is 5.89. The zero-order valence-corrected chi connectivity index (χ0v) is 16.0. The molecule has 2 amide bonds. The lowest BCUT2D eigenvalue weighted by molar-refractivity contribution is 0.174. The summed E-state index contributed by atoms with van der Waals surface area (Å²) in [6.07, 6.45) is 1.11. The number of hydrogen-bond donors (Lipinski definition) is 2. The van der Waals surface area contributed by atoms with E-state index >= 15 is 0 Å². The third kappa shape index (κ3) is 4.86. The Balaban J connectivity index is 1.48. The van der Waals surface area contributed by atoms with Crippen LogP contribution in [0.3, 0.4) is 0 Å². The minimum Gasteiger partial charge on any atom is -0.454 e. The van der Waals surface area contributed by atoms with Gasteiger partial charge in [-0.1, -0.05) is 36.4 Å². The van der Waals surface area contributed by atoms with E-state index < -0.39 is 17.7 Å². The van der Waals surface area contributed by atoms with E-state index in [1.165, 1.54) is 6.07 Å². The molecule has 0 unspecified atom stereocenters. The fraction of sp³-hybridized carbons (Fsp3) is 0.174. The number of fused-ring (bicyclic) bond motifs is 1. The van der Waals surface area contributed by atoms with Crippen LogP contribution in [0.25, 0.3) is 0 Å². The molecular weight excluding hydrogens is 390 g/mol. The lowest BCUT2D eigenvalue weighted by Crippen LogP contribution is -2.40. The van der Waals surface area contributed by atoms with E-state index in [1.807, 2.05) is 48.5 Å².